The first-order chi connectivity index (χ1) is 25.0. The fourth-order valence-corrected chi connectivity index (χ4v) is 8.78. The highest BCUT2D eigenvalue weighted by Gasteiger charge is 2.75. The van der Waals surface area contributed by atoms with Crippen molar-refractivity contribution in [1.29, 1.82) is 0 Å². The van der Waals surface area contributed by atoms with E-state index in [9.17, 15) is 39.3 Å². The second-order valence-electron chi connectivity index (χ2n) is 17.6. The van der Waals surface area contributed by atoms with Gasteiger partial charge in [-0.15, -0.1) is 0 Å². The van der Waals surface area contributed by atoms with Crippen molar-refractivity contribution in [3.8, 4) is 0 Å². The van der Waals surface area contributed by atoms with Gasteiger partial charge in [-0.25, -0.2) is 9.78 Å². The zero-order valence-corrected chi connectivity index (χ0v) is 34.1. The van der Waals surface area contributed by atoms with E-state index in [1.54, 1.807) is 87.4 Å². The molecule has 14 nitrogen and oxygen atoms in total. The fourth-order valence-electron chi connectivity index (χ4n) is 8.78. The van der Waals surface area contributed by atoms with E-state index in [0.29, 0.717) is 33.9 Å². The van der Waals surface area contributed by atoms with E-state index < -0.39 is 82.2 Å². The van der Waals surface area contributed by atoms with E-state index in [0.717, 1.165) is 11.1 Å². The summed E-state index contributed by atoms with van der Waals surface area (Å²) in [5.41, 5.74) is 0.281. The number of amides is 2. The smallest absolute Gasteiger partial charge is 0.331 e. The third kappa shape index (κ3) is 8.14. The summed E-state index contributed by atoms with van der Waals surface area (Å²) < 4.78 is 0. The summed E-state index contributed by atoms with van der Waals surface area (Å²) in [6.45, 7) is 18.9. The van der Waals surface area contributed by atoms with Crippen LogP contribution in [0.1, 0.15) is 109 Å². The molecule has 14 heteroatoms. The molecule has 55 heavy (non-hydrogen) atoms. The zero-order chi connectivity index (χ0) is 42.2. The van der Waals surface area contributed by atoms with Gasteiger partial charge in [-0.3, -0.25) is 28.9 Å². The predicted octanol–water partition coefficient (Wildman–Crippen LogP) is 5.76. The SMILES string of the molecule is Cc1nc2cc(C)c(CN(C)c3ccc(C(=O)N(C(=O)CC[C@H](N)C(=O)O)[C@](C(=O)O)(C(C)(C)C)C(CC(=O)O)(C(C)(C)C)C(C)(C)C)cc3)cc2c(=O)[nH]1. The molecule has 3 aromatic rings. The van der Waals surface area contributed by atoms with E-state index >= 15 is 4.79 Å². The van der Waals surface area contributed by atoms with E-state index in [-0.39, 0.29) is 11.1 Å². The number of hydrogen-bond acceptors (Lipinski definition) is 9. The van der Waals surface area contributed by atoms with Crippen molar-refractivity contribution >= 4 is 46.3 Å². The molecule has 0 spiro atoms. The Balaban J connectivity index is 2.29. The number of rotatable bonds is 13. The molecule has 0 aliphatic rings. The summed E-state index contributed by atoms with van der Waals surface area (Å²) in [6.07, 6.45) is -1.74. The predicted molar refractivity (Wildman–Crippen MR) is 210 cm³/mol. The molecule has 300 valence electrons. The third-order valence-electron chi connectivity index (χ3n) is 11.0. The average Bonchev–Trinajstić information content (AvgIpc) is 3.03. The highest BCUT2D eigenvalue weighted by molar-refractivity contribution is 6.09. The fraction of sp³-hybridized carbons (Fsp3) is 0.537. The molecule has 2 atom stereocenters. The van der Waals surface area contributed by atoms with Crippen LogP contribution >= 0.6 is 0 Å². The van der Waals surface area contributed by atoms with Crippen LogP contribution in [0.15, 0.2) is 41.2 Å². The molecule has 0 saturated heterocycles. The Bertz CT molecular complexity index is 2020. The van der Waals surface area contributed by atoms with Crippen molar-refractivity contribution in [1.82, 2.24) is 14.9 Å². The molecular formula is C41H57N5O9. The Morgan fingerprint density at radius 3 is 1.85 bits per heavy atom. The molecule has 0 fully saturated rings. The minimum absolute atomic E-state index is 0.0511. The topological polar surface area (TPSA) is 224 Å². The number of aryl methyl sites for hydroxylation is 2. The van der Waals surface area contributed by atoms with Gasteiger partial charge in [-0.2, -0.15) is 0 Å². The highest BCUT2D eigenvalue weighted by Crippen LogP contribution is 2.66. The molecule has 2 aromatic carbocycles. The molecule has 0 aliphatic carbocycles. The van der Waals surface area contributed by atoms with Crippen LogP contribution in [0.4, 0.5) is 5.69 Å². The number of aliphatic carboxylic acids is 3. The van der Waals surface area contributed by atoms with Crippen molar-refractivity contribution in [2.24, 2.45) is 27.4 Å². The molecule has 0 bridgehead atoms. The lowest BCUT2D eigenvalue weighted by atomic mass is 9.40. The molecule has 0 unspecified atom stereocenters. The second-order valence-corrected chi connectivity index (χ2v) is 17.6. The number of hydrogen-bond donors (Lipinski definition) is 5. The molecule has 3 rings (SSSR count). The van der Waals surface area contributed by atoms with Crippen LogP contribution in [-0.4, -0.2) is 78.5 Å². The largest absolute Gasteiger partial charge is 0.481 e. The van der Waals surface area contributed by atoms with Gasteiger partial charge in [0.25, 0.3) is 11.5 Å². The summed E-state index contributed by atoms with van der Waals surface area (Å²) in [6, 6.07) is 8.36. The monoisotopic (exact) mass is 763 g/mol. The number of nitrogens with zero attached hydrogens (tertiary/aromatic N) is 3. The maximum atomic E-state index is 15.0. The number of carbonyl (C=O) groups excluding carboxylic acids is 2. The number of aromatic nitrogens is 2. The van der Waals surface area contributed by atoms with Crippen molar-refractivity contribution in [3.63, 3.8) is 0 Å². The second kappa shape index (κ2) is 15.6. The van der Waals surface area contributed by atoms with Crippen molar-refractivity contribution in [2.75, 3.05) is 11.9 Å². The number of imide groups is 1. The highest BCUT2D eigenvalue weighted by atomic mass is 16.4. The van der Waals surface area contributed by atoms with Crippen molar-refractivity contribution in [2.45, 2.75) is 114 Å². The van der Waals surface area contributed by atoms with Crippen LogP contribution in [0.3, 0.4) is 0 Å². The molecule has 6 N–H and O–H groups in total. The number of H-pyrrole nitrogens is 1. The number of nitrogens with two attached hydrogens (primary N) is 1. The summed E-state index contributed by atoms with van der Waals surface area (Å²) in [5, 5.41) is 32.0. The van der Waals surface area contributed by atoms with Crippen molar-refractivity contribution in [3.05, 3.63) is 69.3 Å². The van der Waals surface area contributed by atoms with Crippen LogP contribution in [0.2, 0.25) is 0 Å². The third-order valence-corrected chi connectivity index (χ3v) is 11.0. The molecule has 0 radical (unpaired) electrons. The Hall–Kier alpha value is -5.11. The number of nitrogens with one attached hydrogen (secondary N) is 1. The Morgan fingerprint density at radius 2 is 1.40 bits per heavy atom. The Labute approximate surface area is 322 Å². The molecular weight excluding hydrogens is 706 g/mol. The van der Waals surface area contributed by atoms with E-state index in [4.69, 9.17) is 5.73 Å². The standard InChI is InChI=1S/C41H57N5O9/c1-23-19-30-28(33(50)44-24(2)43-30)20-26(23)22-45(12)27-15-13-25(14-16-27)34(51)46(31(47)18-17-29(42)35(52)53)41(36(54)55,39(9,10)11)40(21-32(48)49,37(3,4)5)38(6,7)8/h13-16,19-20,29H,17-18,21-22,42H2,1-12H3,(H,48,49)(H,52,53)(H,54,55)(H,43,44,50)/t29-,41+/m0/s1. The van der Waals surface area contributed by atoms with Gasteiger partial charge in [0.2, 0.25) is 5.91 Å². The molecule has 0 saturated carbocycles. The summed E-state index contributed by atoms with van der Waals surface area (Å²) in [4.78, 5) is 90.9. The minimum Gasteiger partial charge on any atom is -0.481 e. The first-order valence-electron chi connectivity index (χ1n) is 18.2. The van der Waals surface area contributed by atoms with Gasteiger partial charge in [-0.1, -0.05) is 62.3 Å². The number of benzene rings is 2. The molecule has 2 amide bonds. The van der Waals surface area contributed by atoms with Gasteiger partial charge in [0.1, 0.15) is 11.9 Å². The minimum atomic E-state index is -2.52. The first kappa shape index (κ1) is 44.3. The Kier molecular flexibility index (Phi) is 12.5. The quantitative estimate of drug-likeness (QED) is 0.140. The molecule has 0 aliphatic heterocycles. The van der Waals surface area contributed by atoms with Crippen LogP contribution in [0.5, 0.6) is 0 Å². The van der Waals surface area contributed by atoms with Gasteiger partial charge >= 0.3 is 17.9 Å². The van der Waals surface area contributed by atoms with E-state index in [1.807, 2.05) is 24.9 Å². The number of carboxylic acids is 3. The van der Waals surface area contributed by atoms with Gasteiger partial charge < -0.3 is 30.9 Å². The number of aromatic amines is 1. The van der Waals surface area contributed by atoms with Crippen LogP contribution < -0.4 is 16.2 Å². The first-order valence-corrected chi connectivity index (χ1v) is 18.2. The van der Waals surface area contributed by atoms with Crippen LogP contribution in [-0.2, 0) is 25.7 Å². The number of carboxylic acid groups (broad SMARTS) is 3. The summed E-state index contributed by atoms with van der Waals surface area (Å²) >= 11 is 0. The maximum absolute atomic E-state index is 15.0. The maximum Gasteiger partial charge on any atom is 0.331 e. The summed E-state index contributed by atoms with van der Waals surface area (Å²) in [7, 11) is 1.82. The summed E-state index contributed by atoms with van der Waals surface area (Å²) in [5.74, 6) is -5.77. The van der Waals surface area contributed by atoms with Gasteiger partial charge in [-0.05, 0) is 84.0 Å². The van der Waals surface area contributed by atoms with E-state index in [1.165, 1.54) is 12.1 Å². The number of carbonyl (C=O) groups is 5. The van der Waals surface area contributed by atoms with Gasteiger partial charge in [0.15, 0.2) is 5.54 Å². The van der Waals surface area contributed by atoms with Gasteiger partial charge in [0.05, 0.1) is 17.3 Å². The van der Waals surface area contributed by atoms with Crippen LogP contribution in [0.25, 0.3) is 10.9 Å². The lowest BCUT2D eigenvalue weighted by Gasteiger charge is -2.67. The lowest BCUT2D eigenvalue weighted by molar-refractivity contribution is -0.220. The normalized spacial score (nSPS) is 14.2. The van der Waals surface area contributed by atoms with Crippen molar-refractivity contribution < 1.29 is 39.3 Å². The average molecular weight is 764 g/mol. The molecule has 1 heterocycles. The van der Waals surface area contributed by atoms with Crippen LogP contribution in [0, 0.1) is 35.5 Å². The number of fused-ring (bicyclic) bond motifs is 1. The van der Waals surface area contributed by atoms with Gasteiger partial charge in [0, 0.05) is 36.7 Å². The number of anilines is 1. The zero-order valence-electron chi connectivity index (χ0n) is 34.1. The lowest BCUT2D eigenvalue weighted by Crippen LogP contribution is -2.79. The Morgan fingerprint density at radius 1 is 0.855 bits per heavy atom. The van der Waals surface area contributed by atoms with E-state index in [2.05, 4.69) is 9.97 Å². The molecule has 1 aromatic heterocycles.